The van der Waals surface area contributed by atoms with E-state index in [1.54, 1.807) is 18.2 Å². The van der Waals surface area contributed by atoms with Crippen molar-refractivity contribution < 1.29 is 33.0 Å². The summed E-state index contributed by atoms with van der Waals surface area (Å²) in [6.45, 7) is 4.61. The van der Waals surface area contributed by atoms with Crippen molar-refractivity contribution in [2.24, 2.45) is 23.7 Å². The molecule has 0 radical (unpaired) electrons. The van der Waals surface area contributed by atoms with Gasteiger partial charge in [-0.3, -0.25) is 14.4 Å². The van der Waals surface area contributed by atoms with Crippen LogP contribution in [-0.4, -0.2) is 65.7 Å². The van der Waals surface area contributed by atoms with E-state index in [0.29, 0.717) is 23.1 Å². The van der Waals surface area contributed by atoms with Gasteiger partial charge in [-0.05, 0) is 48.6 Å². The van der Waals surface area contributed by atoms with Gasteiger partial charge in [-0.25, -0.2) is 4.39 Å². The molecule has 9 nitrogen and oxygen atoms in total. The smallest absolute Gasteiger partial charge is 0.246 e. The highest BCUT2D eigenvalue weighted by Crippen LogP contribution is 2.55. The van der Waals surface area contributed by atoms with E-state index >= 15 is 0 Å². The molecule has 2 saturated heterocycles. The standard InChI is InChI=1S/C33H35ClFN3O6/c1-17-6-5-7-23(18(17)2)37-31(40)29-33-13-12-26(44-33)27(30(39)36-19-10-11-22(35)21(34)14-19)28(33)32(41)38(29)15-20-16-42-24-8-3-4-9-25(24)43-20/h3-4,8-14,17-18,20,23,26-29H,5-7,15-16H2,1-2H3,(H,36,39)(H,37,40)/t17?,18?,20?,23?,26-,27?,28-,29?,33?/m1/s1. The topological polar surface area (TPSA) is 106 Å². The molecule has 7 rings (SSSR count). The fourth-order valence-electron chi connectivity index (χ4n) is 7.68. The quantitative estimate of drug-likeness (QED) is 0.464. The number of carbonyl (C=O) groups is 3. The van der Waals surface area contributed by atoms with Gasteiger partial charge in [0.1, 0.15) is 24.1 Å². The molecule has 2 bridgehead atoms. The van der Waals surface area contributed by atoms with Crippen molar-refractivity contribution in [1.82, 2.24) is 10.2 Å². The van der Waals surface area contributed by atoms with E-state index in [4.69, 9.17) is 25.8 Å². The molecule has 1 saturated carbocycles. The summed E-state index contributed by atoms with van der Waals surface area (Å²) < 4.78 is 32.3. The third-order valence-electron chi connectivity index (χ3n) is 10.1. The molecule has 4 heterocycles. The molecule has 2 aromatic carbocycles. The maximum absolute atomic E-state index is 14.4. The second-order valence-corrected chi connectivity index (χ2v) is 13.1. The Kier molecular flexibility index (Phi) is 7.32. The highest BCUT2D eigenvalue weighted by atomic mass is 35.5. The van der Waals surface area contributed by atoms with Crippen molar-refractivity contribution in [1.29, 1.82) is 0 Å². The van der Waals surface area contributed by atoms with Crippen LogP contribution in [0.2, 0.25) is 5.02 Å². The van der Waals surface area contributed by atoms with Gasteiger partial charge >= 0.3 is 0 Å². The minimum Gasteiger partial charge on any atom is -0.486 e. The van der Waals surface area contributed by atoms with E-state index < -0.39 is 47.4 Å². The number of benzene rings is 2. The van der Waals surface area contributed by atoms with Gasteiger partial charge in [0, 0.05) is 11.7 Å². The molecule has 5 aliphatic rings. The van der Waals surface area contributed by atoms with Crippen LogP contribution in [0.25, 0.3) is 0 Å². The zero-order chi connectivity index (χ0) is 30.7. The van der Waals surface area contributed by atoms with Crippen LogP contribution < -0.4 is 20.1 Å². The molecule has 7 unspecified atom stereocenters. The predicted octanol–water partition coefficient (Wildman–Crippen LogP) is 4.35. The summed E-state index contributed by atoms with van der Waals surface area (Å²) in [5, 5.41) is 5.90. The Morgan fingerprint density at radius 1 is 1.11 bits per heavy atom. The van der Waals surface area contributed by atoms with Crippen LogP contribution in [0.5, 0.6) is 11.5 Å². The average Bonchev–Trinajstić information content (AvgIpc) is 3.65. The molecular formula is C33H35ClFN3O6. The number of halogens is 2. The highest BCUT2D eigenvalue weighted by molar-refractivity contribution is 6.31. The van der Waals surface area contributed by atoms with E-state index in [-0.39, 0.29) is 41.9 Å². The Labute approximate surface area is 260 Å². The summed E-state index contributed by atoms with van der Waals surface area (Å²) >= 11 is 5.94. The maximum Gasteiger partial charge on any atom is 0.246 e. The van der Waals surface area contributed by atoms with Crippen molar-refractivity contribution in [3.8, 4) is 11.5 Å². The van der Waals surface area contributed by atoms with Crippen molar-refractivity contribution >= 4 is 35.0 Å². The number of hydrogen-bond acceptors (Lipinski definition) is 6. The maximum atomic E-state index is 14.4. The monoisotopic (exact) mass is 623 g/mol. The number of nitrogens with zero attached hydrogens (tertiary/aromatic N) is 1. The van der Waals surface area contributed by atoms with E-state index in [1.165, 1.54) is 17.0 Å². The van der Waals surface area contributed by atoms with Crippen molar-refractivity contribution in [3.63, 3.8) is 0 Å². The summed E-state index contributed by atoms with van der Waals surface area (Å²) in [6, 6.07) is 10.1. The fourth-order valence-corrected chi connectivity index (χ4v) is 7.86. The number of nitrogens with one attached hydrogen (secondary N) is 2. The molecule has 232 valence electrons. The highest BCUT2D eigenvalue weighted by Gasteiger charge is 2.73. The lowest BCUT2D eigenvalue weighted by atomic mass is 9.73. The van der Waals surface area contributed by atoms with Crippen molar-refractivity contribution in [3.05, 3.63) is 65.5 Å². The summed E-state index contributed by atoms with van der Waals surface area (Å²) in [7, 11) is 0. The first kappa shape index (κ1) is 29.1. The number of anilines is 1. The van der Waals surface area contributed by atoms with Crippen LogP contribution in [0.15, 0.2) is 54.6 Å². The number of likely N-dealkylation sites (tertiary alicyclic amines) is 1. The van der Waals surface area contributed by atoms with Gasteiger partial charge in [0.25, 0.3) is 0 Å². The lowest BCUT2D eigenvalue weighted by Gasteiger charge is -2.38. The Morgan fingerprint density at radius 2 is 1.91 bits per heavy atom. The number of hydrogen-bond donors (Lipinski definition) is 2. The van der Waals surface area contributed by atoms with Gasteiger partial charge in [-0.1, -0.05) is 62.6 Å². The zero-order valence-electron chi connectivity index (χ0n) is 24.5. The van der Waals surface area contributed by atoms with Gasteiger partial charge < -0.3 is 29.7 Å². The van der Waals surface area contributed by atoms with Crippen LogP contribution in [0.1, 0.15) is 33.1 Å². The Hall–Kier alpha value is -3.63. The van der Waals surface area contributed by atoms with Gasteiger partial charge in [0.2, 0.25) is 17.7 Å². The van der Waals surface area contributed by atoms with Crippen LogP contribution in [0, 0.1) is 29.5 Å². The summed E-state index contributed by atoms with van der Waals surface area (Å²) in [5.74, 6) is -1.68. The molecule has 11 heteroatoms. The Balaban J connectivity index is 1.19. The molecule has 44 heavy (non-hydrogen) atoms. The van der Waals surface area contributed by atoms with Gasteiger partial charge in [-0.15, -0.1) is 0 Å². The molecule has 0 aromatic heterocycles. The number of rotatable bonds is 6. The van der Waals surface area contributed by atoms with Gasteiger partial charge in [-0.2, -0.15) is 0 Å². The Bertz CT molecular complexity index is 1540. The van der Waals surface area contributed by atoms with Crippen LogP contribution >= 0.6 is 11.6 Å². The van der Waals surface area contributed by atoms with Crippen molar-refractivity contribution in [2.45, 2.75) is 63.0 Å². The van der Waals surface area contributed by atoms with E-state index in [9.17, 15) is 18.8 Å². The fraction of sp³-hybridized carbons (Fsp3) is 0.485. The summed E-state index contributed by atoms with van der Waals surface area (Å²) in [5.41, 5.74) is -1.03. The van der Waals surface area contributed by atoms with Crippen molar-refractivity contribution in [2.75, 3.05) is 18.5 Å². The minimum atomic E-state index is -1.33. The average molecular weight is 624 g/mol. The largest absolute Gasteiger partial charge is 0.486 e. The molecule has 2 aromatic rings. The molecule has 1 spiro atoms. The molecule has 4 aliphatic heterocycles. The molecule has 3 amide bonds. The minimum absolute atomic E-state index is 0.0373. The number of carbonyl (C=O) groups excluding carboxylic acids is 3. The second-order valence-electron chi connectivity index (χ2n) is 12.7. The lowest BCUT2D eigenvalue weighted by molar-refractivity contribution is -0.143. The first-order valence-corrected chi connectivity index (χ1v) is 15.7. The number of amides is 3. The first-order valence-electron chi connectivity index (χ1n) is 15.3. The number of ether oxygens (including phenoxy) is 3. The molecule has 9 atom stereocenters. The zero-order valence-corrected chi connectivity index (χ0v) is 25.3. The van der Waals surface area contributed by atoms with Gasteiger partial charge in [0.15, 0.2) is 17.6 Å². The normalized spacial score (nSPS) is 35.0. The molecule has 2 N–H and O–H groups in total. The molecular weight excluding hydrogens is 589 g/mol. The van der Waals surface area contributed by atoms with Crippen LogP contribution in [0.3, 0.4) is 0 Å². The molecule has 3 fully saturated rings. The number of para-hydroxylation sites is 2. The number of fused-ring (bicyclic) bond motifs is 2. The second kappa shape index (κ2) is 11.1. The third-order valence-corrected chi connectivity index (χ3v) is 10.4. The lowest BCUT2D eigenvalue weighted by Crippen LogP contribution is -2.59. The first-order chi connectivity index (χ1) is 21.2. The van der Waals surface area contributed by atoms with E-state index in [1.807, 2.05) is 18.2 Å². The summed E-state index contributed by atoms with van der Waals surface area (Å²) in [6.07, 6.45) is 5.28. The van der Waals surface area contributed by atoms with E-state index in [2.05, 4.69) is 24.5 Å². The van der Waals surface area contributed by atoms with Gasteiger partial charge in [0.05, 0.1) is 29.5 Å². The van der Waals surface area contributed by atoms with E-state index in [0.717, 1.165) is 25.3 Å². The molecule has 1 aliphatic carbocycles. The van der Waals surface area contributed by atoms with Crippen LogP contribution in [-0.2, 0) is 19.1 Å². The SMILES string of the molecule is CC1CCCC(NC(=O)C2N(CC3COc4ccccc4O3)C(=O)[C@H]3C(C(=O)Nc4ccc(F)c(Cl)c4)[C@H]4C=CC23O4)C1C. The Morgan fingerprint density at radius 3 is 2.70 bits per heavy atom. The third kappa shape index (κ3) is 4.74. The summed E-state index contributed by atoms with van der Waals surface area (Å²) in [4.78, 5) is 43.9. The van der Waals surface area contributed by atoms with Crippen LogP contribution in [0.4, 0.5) is 10.1 Å². The predicted molar refractivity (Wildman–Crippen MR) is 160 cm³/mol.